The third kappa shape index (κ3) is 2.71. The summed E-state index contributed by atoms with van der Waals surface area (Å²) in [4.78, 5) is 38.2. The average Bonchev–Trinajstić information content (AvgIpc) is 2.91. The second-order valence-corrected chi connectivity index (χ2v) is 6.04. The number of para-hydroxylation sites is 1. The van der Waals surface area contributed by atoms with Crippen LogP contribution in [0.2, 0.25) is 0 Å². The first-order valence-corrected chi connectivity index (χ1v) is 8.24. The summed E-state index contributed by atoms with van der Waals surface area (Å²) in [6.07, 6.45) is 1.40. The van der Waals surface area contributed by atoms with Gasteiger partial charge in [0.25, 0.3) is 11.5 Å². The van der Waals surface area contributed by atoms with E-state index in [1.165, 1.54) is 17.6 Å². The Bertz CT molecular complexity index is 1130. The monoisotopic (exact) mass is 382 g/mol. The molecule has 2 amide bonds. The van der Waals surface area contributed by atoms with Crippen molar-refractivity contribution in [2.45, 2.75) is 6.92 Å². The van der Waals surface area contributed by atoms with Gasteiger partial charge in [-0.15, -0.1) is 11.7 Å². The first-order valence-electron chi connectivity index (χ1n) is 8.24. The lowest BCUT2D eigenvalue weighted by molar-refractivity contribution is -0.143. The summed E-state index contributed by atoms with van der Waals surface area (Å²) in [6.45, 7) is 4.96. The van der Waals surface area contributed by atoms with E-state index in [-0.39, 0.29) is 29.5 Å². The highest BCUT2D eigenvalue weighted by Crippen LogP contribution is 2.26. The molecule has 1 aromatic heterocycles. The highest BCUT2D eigenvalue weighted by atomic mass is 16.3. The molecular weight excluding hydrogens is 364 g/mol. The number of aryl methyl sites for hydroxylation is 1. The Morgan fingerprint density at radius 2 is 1.93 bits per heavy atom. The predicted molar refractivity (Wildman–Crippen MR) is 103 cm³/mol. The molecule has 0 saturated carbocycles. The number of hydrogen-bond acceptors (Lipinski definition) is 7. The van der Waals surface area contributed by atoms with Crippen molar-refractivity contribution in [2.24, 2.45) is 23.1 Å². The Balaban J connectivity index is 2.17. The molecule has 10 heteroatoms. The fourth-order valence-corrected chi connectivity index (χ4v) is 3.02. The molecule has 3 N–H and O–H groups in total. The molecule has 0 unspecified atom stereocenters. The number of aromatic nitrogens is 1. The molecule has 1 fully saturated rings. The van der Waals surface area contributed by atoms with Gasteiger partial charge in [0.05, 0.1) is 11.2 Å². The van der Waals surface area contributed by atoms with Gasteiger partial charge in [-0.1, -0.05) is 18.2 Å². The molecule has 0 aliphatic carbocycles. The van der Waals surface area contributed by atoms with Crippen molar-refractivity contribution >= 4 is 34.4 Å². The van der Waals surface area contributed by atoms with E-state index in [0.717, 1.165) is 4.90 Å². The molecule has 28 heavy (non-hydrogen) atoms. The SMILES string of the molecule is C=CCN1C(=O)C(=O)N(/N=C(\C)c2c(O)c3ccccc3n(C)c2=O)C1=NN. The Morgan fingerprint density at radius 3 is 2.57 bits per heavy atom. The minimum Gasteiger partial charge on any atom is -0.506 e. The number of hydrogen-bond donors (Lipinski definition) is 2. The molecule has 10 nitrogen and oxygen atoms in total. The summed E-state index contributed by atoms with van der Waals surface area (Å²) in [6, 6.07) is 6.82. The number of carbonyl (C=O) groups is 2. The minimum atomic E-state index is -0.984. The minimum absolute atomic E-state index is 0.00860. The van der Waals surface area contributed by atoms with Gasteiger partial charge in [-0.2, -0.15) is 10.1 Å². The fraction of sp³-hybridized carbons (Fsp3) is 0.167. The average molecular weight is 382 g/mol. The summed E-state index contributed by atoms with van der Waals surface area (Å²) in [5.74, 6) is 2.99. The van der Waals surface area contributed by atoms with Crippen LogP contribution in [0.15, 0.2) is 51.9 Å². The number of carbonyl (C=O) groups excluding carboxylic acids is 2. The van der Waals surface area contributed by atoms with Crippen LogP contribution in [0.1, 0.15) is 12.5 Å². The fourth-order valence-electron chi connectivity index (χ4n) is 3.02. The number of aromatic hydroxyl groups is 1. The summed E-state index contributed by atoms with van der Waals surface area (Å²) in [5, 5.41) is 19.3. The third-order valence-electron chi connectivity index (χ3n) is 4.37. The zero-order valence-electron chi connectivity index (χ0n) is 15.3. The lowest BCUT2D eigenvalue weighted by atomic mass is 10.1. The lowest BCUT2D eigenvalue weighted by Crippen LogP contribution is -2.34. The number of nitrogens with two attached hydrogens (primary N) is 1. The van der Waals surface area contributed by atoms with Crippen molar-refractivity contribution < 1.29 is 14.7 Å². The number of rotatable bonds is 4. The first kappa shape index (κ1) is 18.8. The normalized spacial score (nSPS) is 16.5. The van der Waals surface area contributed by atoms with Gasteiger partial charge >= 0.3 is 11.8 Å². The van der Waals surface area contributed by atoms with Crippen molar-refractivity contribution in [1.82, 2.24) is 14.5 Å². The summed E-state index contributed by atoms with van der Waals surface area (Å²) < 4.78 is 1.36. The zero-order valence-corrected chi connectivity index (χ0v) is 15.3. The van der Waals surface area contributed by atoms with Crippen molar-refractivity contribution in [3.8, 4) is 5.75 Å². The topological polar surface area (TPSA) is 134 Å². The number of pyridine rings is 1. The van der Waals surface area contributed by atoms with Gasteiger partial charge in [0.15, 0.2) is 0 Å². The highest BCUT2D eigenvalue weighted by molar-refractivity contribution is 6.45. The second-order valence-electron chi connectivity index (χ2n) is 6.04. The van der Waals surface area contributed by atoms with Gasteiger partial charge in [0, 0.05) is 19.0 Å². The van der Waals surface area contributed by atoms with E-state index >= 15 is 0 Å². The van der Waals surface area contributed by atoms with Crippen LogP contribution in [0.5, 0.6) is 5.75 Å². The summed E-state index contributed by atoms with van der Waals surface area (Å²) in [7, 11) is 1.56. The van der Waals surface area contributed by atoms with Crippen molar-refractivity contribution in [3.05, 3.63) is 52.8 Å². The third-order valence-corrected chi connectivity index (χ3v) is 4.37. The lowest BCUT2D eigenvalue weighted by Gasteiger charge is -2.15. The molecule has 0 radical (unpaired) electrons. The maximum atomic E-state index is 12.8. The molecule has 3 rings (SSSR count). The highest BCUT2D eigenvalue weighted by Gasteiger charge is 2.43. The standard InChI is InChI=1S/C18H18N6O4/c1-4-9-23-16(27)17(28)24(18(23)20-19)21-10(2)13-14(25)11-7-5-6-8-12(11)22(3)15(13)26/h4-8,25H,1,9,19H2,2-3H3/b20-18?,21-10+. The molecule has 1 aliphatic heterocycles. The van der Waals surface area contributed by atoms with Gasteiger partial charge in [-0.3, -0.25) is 19.3 Å². The largest absolute Gasteiger partial charge is 0.506 e. The Morgan fingerprint density at radius 1 is 1.25 bits per heavy atom. The molecule has 1 aromatic carbocycles. The van der Waals surface area contributed by atoms with Gasteiger partial charge in [-0.05, 0) is 19.1 Å². The first-order chi connectivity index (χ1) is 13.3. The summed E-state index contributed by atoms with van der Waals surface area (Å²) in [5.41, 5.74) is -0.0495. The molecule has 2 aromatic rings. The molecule has 144 valence electrons. The van der Waals surface area contributed by atoms with Crippen molar-refractivity contribution in [2.75, 3.05) is 6.54 Å². The van der Waals surface area contributed by atoms with Crippen molar-refractivity contribution in [1.29, 1.82) is 0 Å². The zero-order chi connectivity index (χ0) is 20.6. The van der Waals surface area contributed by atoms with Crippen LogP contribution < -0.4 is 11.4 Å². The van der Waals surface area contributed by atoms with Gasteiger partial charge in [-0.25, -0.2) is 0 Å². The Labute approximate surface area is 159 Å². The smallest absolute Gasteiger partial charge is 0.340 e. The van der Waals surface area contributed by atoms with E-state index in [4.69, 9.17) is 5.84 Å². The van der Waals surface area contributed by atoms with E-state index < -0.39 is 17.4 Å². The van der Waals surface area contributed by atoms with Crippen LogP contribution in [-0.2, 0) is 16.6 Å². The molecule has 0 spiro atoms. The summed E-state index contributed by atoms with van der Waals surface area (Å²) >= 11 is 0. The van der Waals surface area contributed by atoms with Crippen LogP contribution in [0.25, 0.3) is 10.9 Å². The van der Waals surface area contributed by atoms with E-state index in [0.29, 0.717) is 15.9 Å². The predicted octanol–water partition coefficient (Wildman–Crippen LogP) is 0.0546. The quantitative estimate of drug-likeness (QED) is 0.253. The van der Waals surface area contributed by atoms with Gasteiger partial charge in [0.2, 0.25) is 0 Å². The van der Waals surface area contributed by atoms with Crippen molar-refractivity contribution in [3.63, 3.8) is 0 Å². The van der Waals surface area contributed by atoms with Crippen LogP contribution in [0, 0.1) is 0 Å². The number of guanidine groups is 1. The number of hydrazone groups is 2. The number of nitrogens with zero attached hydrogens (tertiary/aromatic N) is 5. The number of benzene rings is 1. The Kier molecular flexibility index (Phi) is 4.70. The molecule has 0 bridgehead atoms. The molecular formula is C18H18N6O4. The maximum Gasteiger partial charge on any atom is 0.340 e. The molecule has 2 heterocycles. The maximum absolute atomic E-state index is 12.8. The molecule has 1 saturated heterocycles. The van der Waals surface area contributed by atoms with E-state index in [9.17, 15) is 19.5 Å². The second kappa shape index (κ2) is 6.99. The van der Waals surface area contributed by atoms with Crippen LogP contribution in [-0.4, -0.2) is 49.6 Å². The number of fused-ring (bicyclic) bond motifs is 1. The van der Waals surface area contributed by atoms with Gasteiger partial charge in [0.1, 0.15) is 11.3 Å². The van der Waals surface area contributed by atoms with E-state index in [1.54, 1.807) is 31.3 Å². The van der Waals surface area contributed by atoms with Crippen LogP contribution >= 0.6 is 0 Å². The van der Waals surface area contributed by atoms with Crippen LogP contribution in [0.3, 0.4) is 0 Å². The molecule has 1 aliphatic rings. The van der Waals surface area contributed by atoms with E-state index in [2.05, 4.69) is 16.8 Å². The van der Waals surface area contributed by atoms with Gasteiger partial charge < -0.3 is 15.5 Å². The van der Waals surface area contributed by atoms with Crippen LogP contribution in [0.4, 0.5) is 0 Å². The van der Waals surface area contributed by atoms with E-state index in [1.807, 2.05) is 0 Å². The Hall–Kier alpha value is -3.95. The molecule has 0 atom stereocenters. The number of amides is 2.